The Balaban J connectivity index is 3.14. The Morgan fingerprint density at radius 3 is 2.58 bits per heavy atom. The van der Waals surface area contributed by atoms with Crippen LogP contribution in [0.15, 0.2) is 6.33 Å². The van der Waals surface area contributed by atoms with Crippen molar-refractivity contribution >= 4 is 11.6 Å². The van der Waals surface area contributed by atoms with E-state index in [1.807, 2.05) is 0 Å². The molecule has 0 saturated heterocycles. The predicted molar refractivity (Wildman–Crippen MR) is 79.9 cm³/mol. The first kappa shape index (κ1) is 15.7. The summed E-state index contributed by atoms with van der Waals surface area (Å²) in [5.41, 5.74) is 1.13. The second-order valence-electron chi connectivity index (χ2n) is 4.84. The predicted octanol–water partition coefficient (Wildman–Crippen LogP) is 2.24. The molecule has 0 aliphatic rings. The van der Waals surface area contributed by atoms with E-state index in [-0.39, 0.29) is 6.61 Å². The molecular formula is C14H26N4O. The topological polar surface area (TPSA) is 61.3 Å². The van der Waals surface area contributed by atoms with E-state index in [1.54, 1.807) is 6.33 Å². The van der Waals surface area contributed by atoms with Crippen LogP contribution in [0.25, 0.3) is 0 Å². The number of rotatable bonds is 8. The second kappa shape index (κ2) is 7.94. The molecule has 0 saturated carbocycles. The fraction of sp³-hybridized carbons (Fsp3) is 0.714. The molecule has 0 atom stereocenters. The van der Waals surface area contributed by atoms with Gasteiger partial charge in [-0.05, 0) is 19.3 Å². The van der Waals surface area contributed by atoms with E-state index in [1.165, 1.54) is 0 Å². The van der Waals surface area contributed by atoms with Crippen LogP contribution in [0.1, 0.15) is 45.6 Å². The van der Waals surface area contributed by atoms with Gasteiger partial charge in [0.15, 0.2) is 0 Å². The van der Waals surface area contributed by atoms with Crippen molar-refractivity contribution in [1.82, 2.24) is 9.97 Å². The number of nitrogens with one attached hydrogen (secondary N) is 1. The summed E-state index contributed by atoms with van der Waals surface area (Å²) in [5, 5.41) is 12.5. The van der Waals surface area contributed by atoms with Crippen molar-refractivity contribution in [1.29, 1.82) is 0 Å². The summed E-state index contributed by atoms with van der Waals surface area (Å²) >= 11 is 0. The van der Waals surface area contributed by atoms with Gasteiger partial charge < -0.3 is 15.3 Å². The van der Waals surface area contributed by atoms with Crippen molar-refractivity contribution in [2.24, 2.45) is 0 Å². The number of aromatic nitrogens is 2. The lowest BCUT2D eigenvalue weighted by molar-refractivity contribution is 0.302. The smallest absolute Gasteiger partial charge is 0.137 e. The van der Waals surface area contributed by atoms with Crippen molar-refractivity contribution in [2.75, 3.05) is 36.5 Å². The van der Waals surface area contributed by atoms with E-state index in [4.69, 9.17) is 5.11 Å². The molecule has 0 amide bonds. The van der Waals surface area contributed by atoms with E-state index in [2.05, 4.69) is 47.9 Å². The average Bonchev–Trinajstić information content (AvgIpc) is 2.41. The first-order valence-corrected chi connectivity index (χ1v) is 7.10. The van der Waals surface area contributed by atoms with Gasteiger partial charge in [0.1, 0.15) is 18.0 Å². The van der Waals surface area contributed by atoms with Crippen LogP contribution in [0.2, 0.25) is 0 Å². The number of nitrogens with zero attached hydrogens (tertiary/aromatic N) is 3. The molecule has 0 aliphatic heterocycles. The van der Waals surface area contributed by atoms with Crippen molar-refractivity contribution in [2.45, 2.75) is 40.0 Å². The first-order chi connectivity index (χ1) is 9.15. The van der Waals surface area contributed by atoms with Gasteiger partial charge in [-0.3, -0.25) is 0 Å². The second-order valence-corrected chi connectivity index (χ2v) is 4.84. The van der Waals surface area contributed by atoms with Gasteiger partial charge in [0.05, 0.1) is 6.61 Å². The fourth-order valence-electron chi connectivity index (χ4n) is 2.09. The Bertz CT molecular complexity index is 382. The monoisotopic (exact) mass is 266 g/mol. The fourth-order valence-corrected chi connectivity index (χ4v) is 2.09. The Hall–Kier alpha value is -1.36. The highest BCUT2D eigenvalue weighted by molar-refractivity contribution is 5.60. The van der Waals surface area contributed by atoms with E-state index in [0.29, 0.717) is 12.5 Å². The summed E-state index contributed by atoms with van der Waals surface area (Å²) in [6.45, 7) is 11.0. The third kappa shape index (κ3) is 4.06. The van der Waals surface area contributed by atoms with Crippen LogP contribution < -0.4 is 10.2 Å². The zero-order valence-corrected chi connectivity index (χ0v) is 12.5. The summed E-state index contributed by atoms with van der Waals surface area (Å²) in [7, 11) is 0. The quantitative estimate of drug-likeness (QED) is 0.755. The van der Waals surface area contributed by atoms with E-state index >= 15 is 0 Å². The normalized spacial score (nSPS) is 10.8. The zero-order valence-electron chi connectivity index (χ0n) is 12.5. The van der Waals surface area contributed by atoms with Gasteiger partial charge in [0.2, 0.25) is 0 Å². The molecule has 19 heavy (non-hydrogen) atoms. The molecule has 108 valence electrons. The first-order valence-electron chi connectivity index (χ1n) is 7.10. The van der Waals surface area contributed by atoms with E-state index in [0.717, 1.165) is 36.7 Å². The third-order valence-electron chi connectivity index (χ3n) is 3.03. The number of hydrogen-bond donors (Lipinski definition) is 2. The largest absolute Gasteiger partial charge is 0.395 e. The summed E-state index contributed by atoms with van der Waals surface area (Å²) < 4.78 is 0. The highest BCUT2D eigenvalue weighted by Gasteiger charge is 2.18. The minimum Gasteiger partial charge on any atom is -0.395 e. The van der Waals surface area contributed by atoms with Crippen molar-refractivity contribution in [3.05, 3.63) is 11.9 Å². The summed E-state index contributed by atoms with van der Waals surface area (Å²) in [6.07, 6.45) is 2.66. The molecule has 5 nitrogen and oxygen atoms in total. The summed E-state index contributed by atoms with van der Waals surface area (Å²) in [4.78, 5) is 10.9. The molecule has 1 aromatic heterocycles. The summed E-state index contributed by atoms with van der Waals surface area (Å²) in [6, 6.07) is 0. The molecule has 0 aliphatic carbocycles. The van der Waals surface area contributed by atoms with Crippen molar-refractivity contribution in [3.8, 4) is 0 Å². The number of aliphatic hydroxyl groups excluding tert-OH is 1. The van der Waals surface area contributed by atoms with Crippen LogP contribution in [0.4, 0.5) is 11.6 Å². The Morgan fingerprint density at radius 2 is 2.05 bits per heavy atom. The van der Waals surface area contributed by atoms with Crippen LogP contribution in [-0.4, -0.2) is 41.3 Å². The number of hydrogen-bond acceptors (Lipinski definition) is 5. The minimum absolute atomic E-state index is 0.132. The molecule has 0 unspecified atom stereocenters. The lowest BCUT2D eigenvalue weighted by Crippen LogP contribution is -2.29. The molecular weight excluding hydrogens is 240 g/mol. The molecule has 1 heterocycles. The number of anilines is 2. The van der Waals surface area contributed by atoms with E-state index < -0.39 is 0 Å². The zero-order chi connectivity index (χ0) is 14.3. The van der Waals surface area contributed by atoms with Gasteiger partial charge >= 0.3 is 0 Å². The number of aliphatic hydroxyl groups is 1. The lowest BCUT2D eigenvalue weighted by Gasteiger charge is -2.26. The Kier molecular flexibility index (Phi) is 6.56. The Labute approximate surface area is 116 Å². The molecule has 0 radical (unpaired) electrons. The summed E-state index contributed by atoms with van der Waals surface area (Å²) in [5.74, 6) is 2.18. The van der Waals surface area contributed by atoms with Crippen molar-refractivity contribution in [3.63, 3.8) is 0 Å². The molecule has 0 aromatic carbocycles. The van der Waals surface area contributed by atoms with Gasteiger partial charge in [-0.2, -0.15) is 0 Å². The Morgan fingerprint density at radius 1 is 1.32 bits per heavy atom. The van der Waals surface area contributed by atoms with E-state index in [9.17, 15) is 0 Å². The highest BCUT2D eigenvalue weighted by Crippen LogP contribution is 2.30. The average molecular weight is 266 g/mol. The maximum Gasteiger partial charge on any atom is 0.137 e. The van der Waals surface area contributed by atoms with Gasteiger partial charge in [0.25, 0.3) is 0 Å². The molecule has 1 rings (SSSR count). The SMILES string of the molecule is CCCNc1ncnc(N(CC)CCO)c1C(C)C. The molecule has 0 spiro atoms. The maximum absolute atomic E-state index is 9.17. The van der Waals surface area contributed by atoms with Crippen molar-refractivity contribution < 1.29 is 5.11 Å². The molecule has 5 heteroatoms. The van der Waals surface area contributed by atoms with Gasteiger partial charge in [-0.1, -0.05) is 20.8 Å². The third-order valence-corrected chi connectivity index (χ3v) is 3.03. The number of likely N-dealkylation sites (N-methyl/N-ethyl adjacent to an activating group) is 1. The maximum atomic E-state index is 9.17. The molecule has 2 N–H and O–H groups in total. The molecule has 0 bridgehead atoms. The molecule has 1 aromatic rings. The van der Waals surface area contributed by atoms with Gasteiger partial charge in [-0.25, -0.2) is 9.97 Å². The van der Waals surface area contributed by atoms with Gasteiger partial charge in [0, 0.05) is 25.2 Å². The highest BCUT2D eigenvalue weighted by atomic mass is 16.3. The molecule has 0 fully saturated rings. The van der Waals surface area contributed by atoms with Crippen LogP contribution in [-0.2, 0) is 0 Å². The lowest BCUT2D eigenvalue weighted by atomic mass is 10.0. The van der Waals surface area contributed by atoms with Crippen LogP contribution in [0.5, 0.6) is 0 Å². The van der Waals surface area contributed by atoms with Crippen LogP contribution in [0, 0.1) is 0 Å². The van der Waals surface area contributed by atoms with Crippen LogP contribution in [0.3, 0.4) is 0 Å². The minimum atomic E-state index is 0.132. The standard InChI is InChI=1S/C14H26N4O/c1-5-7-15-13-12(11(3)4)14(17-10-16-13)18(6-2)8-9-19/h10-11,19H,5-9H2,1-4H3,(H,15,16,17). The van der Waals surface area contributed by atoms with Crippen LogP contribution >= 0.6 is 0 Å². The van der Waals surface area contributed by atoms with Gasteiger partial charge in [-0.15, -0.1) is 0 Å².